The van der Waals surface area contributed by atoms with Crippen LogP contribution in [0.5, 0.6) is 0 Å². The highest BCUT2D eigenvalue weighted by Crippen LogP contribution is 2.24. The normalized spacial score (nSPS) is 9.96. The topological polar surface area (TPSA) is 0 Å². The van der Waals surface area contributed by atoms with Gasteiger partial charge >= 0.3 is 0 Å². The van der Waals surface area contributed by atoms with Gasteiger partial charge in [-0.3, -0.25) is 0 Å². The van der Waals surface area contributed by atoms with Gasteiger partial charge < -0.3 is 0 Å². The van der Waals surface area contributed by atoms with E-state index in [0.717, 1.165) is 17.5 Å². The van der Waals surface area contributed by atoms with Gasteiger partial charge in [0.1, 0.15) is 0 Å². The van der Waals surface area contributed by atoms with Gasteiger partial charge in [0.15, 0.2) is 0 Å². The Bertz CT molecular complexity index is 832. The average Bonchev–Trinajstić information content (AvgIpc) is 2.62. The molecule has 0 amide bonds. The maximum absolute atomic E-state index is 3.33. The van der Waals surface area contributed by atoms with E-state index in [9.17, 15) is 0 Å². The molecule has 0 unspecified atom stereocenters. The molecule has 0 spiro atoms. The van der Waals surface area contributed by atoms with Crippen molar-refractivity contribution in [1.82, 2.24) is 0 Å². The molecule has 0 fully saturated rings. The van der Waals surface area contributed by atoms with Crippen LogP contribution in [0.15, 0.2) is 78.9 Å². The number of hydrogen-bond donors (Lipinski definition) is 0. The summed E-state index contributed by atoms with van der Waals surface area (Å²) in [7, 11) is 0. The summed E-state index contributed by atoms with van der Waals surface area (Å²) in [6.07, 6.45) is 2.28. The van der Waals surface area contributed by atoms with Crippen molar-refractivity contribution in [2.45, 2.75) is 19.8 Å². The lowest BCUT2D eigenvalue weighted by Crippen LogP contribution is -1.88. The Kier molecular flexibility index (Phi) is 4.92. The highest BCUT2D eigenvalue weighted by atomic mass is 14.1. The van der Waals surface area contributed by atoms with E-state index in [2.05, 4.69) is 67.3 Å². The summed E-state index contributed by atoms with van der Waals surface area (Å²) in [6.45, 7) is 2.21. The van der Waals surface area contributed by atoms with Crippen LogP contribution in [0.25, 0.3) is 11.1 Å². The second-order valence-electron chi connectivity index (χ2n) is 5.61. The fourth-order valence-corrected chi connectivity index (χ4v) is 2.69. The molecule has 0 atom stereocenters. The minimum absolute atomic E-state index is 1.04. The Balaban J connectivity index is 1.99. The fourth-order valence-electron chi connectivity index (χ4n) is 2.69. The summed E-state index contributed by atoms with van der Waals surface area (Å²) in [5.41, 5.74) is 5.95. The van der Waals surface area contributed by atoms with Gasteiger partial charge in [-0.15, -0.1) is 0 Å². The molecule has 23 heavy (non-hydrogen) atoms. The molecular weight excluding hydrogens is 276 g/mol. The van der Waals surface area contributed by atoms with E-state index in [1.165, 1.54) is 23.1 Å². The van der Waals surface area contributed by atoms with E-state index >= 15 is 0 Å². The molecule has 0 heterocycles. The molecule has 0 radical (unpaired) electrons. The van der Waals surface area contributed by atoms with Crippen LogP contribution in [-0.4, -0.2) is 0 Å². The van der Waals surface area contributed by atoms with Gasteiger partial charge in [0.25, 0.3) is 0 Å². The van der Waals surface area contributed by atoms with Crippen LogP contribution in [0, 0.1) is 11.8 Å². The monoisotopic (exact) mass is 296 g/mol. The van der Waals surface area contributed by atoms with Crippen LogP contribution >= 0.6 is 0 Å². The van der Waals surface area contributed by atoms with Crippen molar-refractivity contribution in [3.63, 3.8) is 0 Å². The van der Waals surface area contributed by atoms with Gasteiger partial charge in [0.2, 0.25) is 0 Å². The van der Waals surface area contributed by atoms with Gasteiger partial charge in [-0.25, -0.2) is 0 Å². The molecule has 0 saturated carbocycles. The Morgan fingerprint density at radius 2 is 1.52 bits per heavy atom. The number of hydrogen-bond acceptors (Lipinski definition) is 0. The molecule has 0 aliphatic heterocycles. The van der Waals surface area contributed by atoms with E-state index in [-0.39, 0.29) is 0 Å². The fraction of sp³-hybridized carbons (Fsp3) is 0.130. The van der Waals surface area contributed by atoms with Crippen molar-refractivity contribution in [3.8, 4) is 23.0 Å². The van der Waals surface area contributed by atoms with E-state index in [1.54, 1.807) is 0 Å². The second kappa shape index (κ2) is 7.47. The predicted molar refractivity (Wildman–Crippen MR) is 98.3 cm³/mol. The van der Waals surface area contributed by atoms with E-state index in [4.69, 9.17) is 0 Å². The van der Waals surface area contributed by atoms with Crippen molar-refractivity contribution >= 4 is 0 Å². The van der Waals surface area contributed by atoms with Gasteiger partial charge in [0.05, 0.1) is 0 Å². The first-order valence-electron chi connectivity index (χ1n) is 8.12. The van der Waals surface area contributed by atoms with Crippen molar-refractivity contribution < 1.29 is 0 Å². The zero-order chi connectivity index (χ0) is 15.9. The molecule has 0 nitrogen and oxygen atoms in total. The van der Waals surface area contributed by atoms with Crippen LogP contribution in [0.1, 0.15) is 30.0 Å². The SMILES string of the molecule is CCCc1cccc(-c2ccccc2C#Cc2ccccc2)c1. The second-order valence-corrected chi connectivity index (χ2v) is 5.61. The molecule has 0 heteroatoms. The Morgan fingerprint density at radius 3 is 2.35 bits per heavy atom. The average molecular weight is 296 g/mol. The lowest BCUT2D eigenvalue weighted by atomic mass is 9.97. The van der Waals surface area contributed by atoms with Gasteiger partial charge in [-0.1, -0.05) is 85.8 Å². The summed E-state index contributed by atoms with van der Waals surface area (Å²) in [6, 6.07) is 27.3. The van der Waals surface area contributed by atoms with Crippen LogP contribution in [0.3, 0.4) is 0 Å². The maximum Gasteiger partial charge on any atom is 0.0327 e. The number of aryl methyl sites for hydroxylation is 1. The Hall–Kier alpha value is -2.78. The maximum atomic E-state index is 3.33. The zero-order valence-electron chi connectivity index (χ0n) is 13.4. The molecule has 3 rings (SSSR count). The lowest BCUT2D eigenvalue weighted by molar-refractivity contribution is 0.922. The summed E-state index contributed by atoms with van der Waals surface area (Å²) >= 11 is 0. The molecule has 0 aliphatic rings. The van der Waals surface area contributed by atoms with Gasteiger partial charge in [-0.05, 0) is 41.3 Å². The van der Waals surface area contributed by atoms with Gasteiger partial charge in [0, 0.05) is 11.1 Å². The van der Waals surface area contributed by atoms with Crippen LogP contribution in [0.2, 0.25) is 0 Å². The summed E-state index contributed by atoms with van der Waals surface area (Å²) in [5, 5.41) is 0. The van der Waals surface area contributed by atoms with Crippen molar-refractivity contribution in [2.75, 3.05) is 0 Å². The third-order valence-corrected chi connectivity index (χ3v) is 3.82. The minimum atomic E-state index is 1.04. The molecule has 0 saturated heterocycles. The van der Waals surface area contributed by atoms with Gasteiger partial charge in [-0.2, -0.15) is 0 Å². The van der Waals surface area contributed by atoms with Crippen molar-refractivity contribution in [2.24, 2.45) is 0 Å². The summed E-state index contributed by atoms with van der Waals surface area (Å²) in [4.78, 5) is 0. The van der Waals surface area contributed by atoms with E-state index in [0.29, 0.717) is 0 Å². The standard InChI is InChI=1S/C23H20/c1-2-9-20-12-8-14-22(18-20)23-15-7-6-13-21(23)17-16-19-10-4-3-5-11-19/h3-8,10-15,18H,2,9H2,1H3. The lowest BCUT2D eigenvalue weighted by Gasteiger charge is -2.07. The molecule has 0 aliphatic carbocycles. The third-order valence-electron chi connectivity index (χ3n) is 3.82. The third kappa shape index (κ3) is 3.90. The zero-order valence-corrected chi connectivity index (χ0v) is 13.4. The number of rotatable bonds is 3. The highest BCUT2D eigenvalue weighted by molar-refractivity contribution is 5.72. The van der Waals surface area contributed by atoms with Crippen LogP contribution in [-0.2, 0) is 6.42 Å². The van der Waals surface area contributed by atoms with E-state index < -0.39 is 0 Å². The molecule has 0 N–H and O–H groups in total. The highest BCUT2D eigenvalue weighted by Gasteiger charge is 2.03. The first kappa shape index (κ1) is 15.1. The molecule has 0 aromatic heterocycles. The molecule has 0 bridgehead atoms. The van der Waals surface area contributed by atoms with Crippen LogP contribution in [0.4, 0.5) is 0 Å². The summed E-state index contributed by atoms with van der Waals surface area (Å²) < 4.78 is 0. The summed E-state index contributed by atoms with van der Waals surface area (Å²) in [5.74, 6) is 6.59. The Morgan fingerprint density at radius 1 is 0.739 bits per heavy atom. The molecule has 3 aromatic carbocycles. The van der Waals surface area contributed by atoms with E-state index in [1.807, 2.05) is 30.3 Å². The largest absolute Gasteiger partial charge is 0.0651 e. The predicted octanol–water partition coefficient (Wildman–Crippen LogP) is 5.71. The minimum Gasteiger partial charge on any atom is -0.0651 e. The molecule has 112 valence electrons. The smallest absolute Gasteiger partial charge is 0.0327 e. The van der Waals surface area contributed by atoms with Crippen LogP contribution < -0.4 is 0 Å². The van der Waals surface area contributed by atoms with Crippen molar-refractivity contribution in [1.29, 1.82) is 0 Å². The number of benzene rings is 3. The van der Waals surface area contributed by atoms with Crippen molar-refractivity contribution in [3.05, 3.63) is 95.6 Å². The first-order chi connectivity index (χ1) is 11.4. The Labute approximate surface area is 138 Å². The molecule has 3 aromatic rings. The molecular formula is C23H20. The quantitative estimate of drug-likeness (QED) is 0.543. The first-order valence-corrected chi connectivity index (χ1v) is 8.12.